The first kappa shape index (κ1) is 16.3. The molecular weight excluding hydrogens is 267 g/mol. The molecule has 0 unspecified atom stereocenters. The van der Waals surface area contributed by atoms with Gasteiger partial charge in [0.1, 0.15) is 0 Å². The Morgan fingerprint density at radius 3 is 1.80 bits per heavy atom. The Kier molecular flexibility index (Phi) is 6.81. The van der Waals surface area contributed by atoms with E-state index < -0.39 is 7.92 Å². The third kappa shape index (κ3) is 4.72. The molecule has 0 aromatic heterocycles. The number of ether oxygens (including phenoxy) is 1. The molecule has 2 nitrogen and oxygen atoms in total. The topological polar surface area (TPSA) is 26.3 Å². The molecule has 0 atom stereocenters. The molecule has 0 spiro atoms. The summed E-state index contributed by atoms with van der Waals surface area (Å²) in [7, 11) is -0.550. The van der Waals surface area contributed by atoms with Gasteiger partial charge in [-0.15, -0.1) is 0 Å². The molecule has 0 aromatic carbocycles. The van der Waals surface area contributed by atoms with Crippen LogP contribution in [0, 0.1) is 5.92 Å². The van der Waals surface area contributed by atoms with Crippen LogP contribution in [0.25, 0.3) is 0 Å². The monoisotopic (exact) mass is 298 g/mol. The van der Waals surface area contributed by atoms with E-state index in [2.05, 4.69) is 13.8 Å². The molecule has 3 heteroatoms. The summed E-state index contributed by atoms with van der Waals surface area (Å²) in [6, 6.07) is 0. The van der Waals surface area contributed by atoms with Crippen LogP contribution >= 0.6 is 7.92 Å². The minimum atomic E-state index is -0.550. The zero-order chi connectivity index (χ0) is 14.4. The summed E-state index contributed by atoms with van der Waals surface area (Å²) in [4.78, 5) is 12.7. The molecule has 0 aliphatic heterocycles. The van der Waals surface area contributed by atoms with Crippen molar-refractivity contribution in [3.05, 3.63) is 0 Å². The SMILES string of the molecule is CC(C)COC(=O)P(C1CCCCC1)C1CCCCC1. The van der Waals surface area contributed by atoms with Gasteiger partial charge in [-0.25, -0.2) is 4.79 Å². The summed E-state index contributed by atoms with van der Waals surface area (Å²) >= 11 is 0. The molecule has 0 aromatic rings. The van der Waals surface area contributed by atoms with E-state index in [0.717, 1.165) is 0 Å². The highest BCUT2D eigenvalue weighted by molar-refractivity contribution is 7.75. The second-order valence-corrected chi connectivity index (χ2v) is 9.60. The van der Waals surface area contributed by atoms with E-state index in [1.165, 1.54) is 64.2 Å². The van der Waals surface area contributed by atoms with Gasteiger partial charge in [-0.2, -0.15) is 0 Å². The van der Waals surface area contributed by atoms with Gasteiger partial charge in [0.15, 0.2) is 0 Å². The van der Waals surface area contributed by atoms with Crippen LogP contribution in [0.1, 0.15) is 78.1 Å². The van der Waals surface area contributed by atoms with Gasteiger partial charge in [-0.05, 0) is 42.9 Å². The summed E-state index contributed by atoms with van der Waals surface area (Å²) in [5, 5.41) is 0. The van der Waals surface area contributed by atoms with Crippen LogP contribution in [0.5, 0.6) is 0 Å². The largest absolute Gasteiger partial charge is 0.462 e. The highest BCUT2D eigenvalue weighted by atomic mass is 31.1. The normalized spacial score (nSPS) is 22.4. The first-order chi connectivity index (χ1) is 9.68. The fourth-order valence-corrected chi connectivity index (χ4v) is 6.89. The van der Waals surface area contributed by atoms with Gasteiger partial charge in [-0.3, -0.25) is 0 Å². The Labute approximate surface area is 125 Å². The minimum Gasteiger partial charge on any atom is -0.462 e. The van der Waals surface area contributed by atoms with E-state index in [4.69, 9.17) is 4.74 Å². The molecule has 2 fully saturated rings. The van der Waals surface area contributed by atoms with Crippen molar-refractivity contribution in [2.75, 3.05) is 6.61 Å². The van der Waals surface area contributed by atoms with Crippen LogP contribution in [0.15, 0.2) is 0 Å². The summed E-state index contributed by atoms with van der Waals surface area (Å²) in [5.41, 5.74) is 1.52. The Morgan fingerprint density at radius 2 is 1.40 bits per heavy atom. The van der Waals surface area contributed by atoms with Crippen LogP contribution in [0.2, 0.25) is 0 Å². The number of carbonyl (C=O) groups is 1. The van der Waals surface area contributed by atoms with Crippen LogP contribution in [0.3, 0.4) is 0 Å². The maximum atomic E-state index is 12.7. The molecule has 0 bridgehead atoms. The fraction of sp³-hybridized carbons (Fsp3) is 0.941. The standard InChI is InChI=1S/C17H31O2P/c1-14(2)13-19-17(18)20(15-9-5-3-6-10-15)16-11-7-4-8-12-16/h14-16H,3-13H2,1-2H3. The highest BCUT2D eigenvalue weighted by Crippen LogP contribution is 2.56. The predicted molar refractivity (Wildman–Crippen MR) is 86.9 cm³/mol. The van der Waals surface area contributed by atoms with Gasteiger partial charge < -0.3 is 4.74 Å². The molecule has 2 rings (SSSR count). The van der Waals surface area contributed by atoms with Crippen LogP contribution in [-0.2, 0) is 4.74 Å². The van der Waals surface area contributed by atoms with Gasteiger partial charge >= 0.3 is 5.71 Å². The Morgan fingerprint density at radius 1 is 0.950 bits per heavy atom. The van der Waals surface area contributed by atoms with Gasteiger partial charge in [0.05, 0.1) is 6.61 Å². The lowest BCUT2D eigenvalue weighted by Gasteiger charge is -2.36. The molecule has 0 radical (unpaired) electrons. The van der Waals surface area contributed by atoms with E-state index in [1.54, 1.807) is 0 Å². The lowest BCUT2D eigenvalue weighted by atomic mass is 9.99. The predicted octanol–water partition coefficient (Wildman–Crippen LogP) is 5.93. The maximum Gasteiger partial charge on any atom is 0.326 e. The maximum absolute atomic E-state index is 12.7. The first-order valence-electron chi connectivity index (χ1n) is 8.63. The van der Waals surface area contributed by atoms with Crippen LogP contribution in [0.4, 0.5) is 4.79 Å². The average molecular weight is 298 g/mol. The number of hydrogen-bond acceptors (Lipinski definition) is 2. The third-order valence-electron chi connectivity index (χ3n) is 4.69. The highest BCUT2D eigenvalue weighted by Gasteiger charge is 2.37. The third-order valence-corrected chi connectivity index (χ3v) is 7.84. The summed E-state index contributed by atoms with van der Waals surface area (Å²) in [5.74, 6) is 0.452. The van der Waals surface area contributed by atoms with E-state index in [1.807, 2.05) is 0 Å². The van der Waals surface area contributed by atoms with Crippen molar-refractivity contribution < 1.29 is 9.53 Å². The van der Waals surface area contributed by atoms with E-state index in [-0.39, 0.29) is 5.71 Å². The minimum absolute atomic E-state index is 0.188. The first-order valence-corrected chi connectivity index (χ1v) is 10.1. The molecule has 0 saturated heterocycles. The second-order valence-electron chi connectivity index (χ2n) is 6.96. The van der Waals surface area contributed by atoms with Gasteiger partial charge in [0.2, 0.25) is 0 Å². The molecule has 2 aliphatic rings. The number of hydrogen-bond donors (Lipinski definition) is 0. The number of carbonyl (C=O) groups excluding carboxylic acids is 1. The second kappa shape index (κ2) is 8.37. The zero-order valence-corrected chi connectivity index (χ0v) is 14.2. The molecule has 0 heterocycles. The summed E-state index contributed by atoms with van der Waals surface area (Å²) in [6.45, 7) is 4.85. The van der Waals surface area contributed by atoms with Crippen LogP contribution < -0.4 is 0 Å². The van der Waals surface area contributed by atoms with Gasteiger partial charge in [0.25, 0.3) is 0 Å². The summed E-state index contributed by atoms with van der Waals surface area (Å²) < 4.78 is 5.66. The number of rotatable bonds is 5. The van der Waals surface area contributed by atoms with E-state index in [9.17, 15) is 4.79 Å². The van der Waals surface area contributed by atoms with Crippen molar-refractivity contribution >= 4 is 13.6 Å². The molecule has 2 saturated carbocycles. The Balaban J connectivity index is 1.99. The Hall–Kier alpha value is -0.100. The van der Waals surface area contributed by atoms with Crippen molar-refractivity contribution in [3.8, 4) is 0 Å². The molecule has 0 N–H and O–H groups in total. The molecule has 2 aliphatic carbocycles. The lowest BCUT2D eigenvalue weighted by molar-refractivity contribution is 0.158. The summed E-state index contributed by atoms with van der Waals surface area (Å²) in [6.07, 6.45) is 13.1. The Bertz CT molecular complexity index is 273. The quantitative estimate of drug-likeness (QED) is 0.588. The molecule has 116 valence electrons. The van der Waals surface area contributed by atoms with E-state index >= 15 is 0 Å². The molecule has 0 amide bonds. The lowest BCUT2D eigenvalue weighted by Crippen LogP contribution is -2.25. The van der Waals surface area contributed by atoms with Gasteiger partial charge in [0, 0.05) is 7.92 Å². The van der Waals surface area contributed by atoms with Crippen molar-refractivity contribution in [2.24, 2.45) is 5.92 Å². The molecular formula is C17H31O2P. The van der Waals surface area contributed by atoms with Gasteiger partial charge in [-0.1, -0.05) is 52.4 Å². The van der Waals surface area contributed by atoms with Crippen molar-refractivity contribution in [1.29, 1.82) is 0 Å². The van der Waals surface area contributed by atoms with Crippen molar-refractivity contribution in [1.82, 2.24) is 0 Å². The van der Waals surface area contributed by atoms with E-state index in [0.29, 0.717) is 23.8 Å². The zero-order valence-electron chi connectivity index (χ0n) is 13.3. The fourth-order valence-electron chi connectivity index (χ4n) is 3.63. The van der Waals surface area contributed by atoms with Crippen molar-refractivity contribution in [2.45, 2.75) is 89.4 Å². The van der Waals surface area contributed by atoms with Crippen LogP contribution in [-0.4, -0.2) is 23.6 Å². The smallest absolute Gasteiger partial charge is 0.326 e. The average Bonchev–Trinajstić information content (AvgIpc) is 2.48. The molecule has 20 heavy (non-hydrogen) atoms. The van der Waals surface area contributed by atoms with Crippen molar-refractivity contribution in [3.63, 3.8) is 0 Å².